The van der Waals surface area contributed by atoms with Crippen molar-refractivity contribution in [2.75, 3.05) is 13.7 Å². The van der Waals surface area contributed by atoms with Crippen LogP contribution in [0, 0.1) is 13.8 Å². The van der Waals surface area contributed by atoms with Crippen molar-refractivity contribution < 1.29 is 14.6 Å². The number of methoxy groups -OCH3 is 1. The Labute approximate surface area is 225 Å². The molecule has 37 heavy (non-hydrogen) atoms. The molecule has 1 aromatic heterocycles. The molecule has 3 aromatic rings. The van der Waals surface area contributed by atoms with E-state index in [-0.39, 0.29) is 0 Å². The maximum absolute atomic E-state index is 11.7. The van der Waals surface area contributed by atoms with Crippen molar-refractivity contribution in [1.29, 1.82) is 0 Å². The largest absolute Gasteiger partial charge is 0.495 e. The van der Waals surface area contributed by atoms with Crippen molar-refractivity contribution in [1.82, 2.24) is 9.88 Å². The smallest absolute Gasteiger partial charge is 0.137 e. The van der Waals surface area contributed by atoms with Gasteiger partial charge in [0.15, 0.2) is 0 Å². The Morgan fingerprint density at radius 1 is 1.00 bits per heavy atom. The van der Waals surface area contributed by atoms with E-state index in [9.17, 15) is 5.11 Å². The van der Waals surface area contributed by atoms with Gasteiger partial charge < -0.3 is 14.6 Å². The Bertz CT molecular complexity index is 1220. The van der Waals surface area contributed by atoms with Crippen LogP contribution in [0.15, 0.2) is 54.9 Å². The minimum atomic E-state index is -0.848. The highest BCUT2D eigenvalue weighted by molar-refractivity contribution is 6.32. The van der Waals surface area contributed by atoms with Crippen LogP contribution in [-0.4, -0.2) is 40.8 Å². The number of pyridine rings is 1. The number of aliphatic hydroxyl groups is 1. The first-order valence-electron chi connectivity index (χ1n) is 13.3. The Morgan fingerprint density at radius 2 is 1.73 bits per heavy atom. The summed E-state index contributed by atoms with van der Waals surface area (Å²) in [5.74, 6) is 1.59. The molecule has 2 bridgehead atoms. The van der Waals surface area contributed by atoms with Crippen LogP contribution in [0.4, 0.5) is 0 Å². The number of hydrogen-bond acceptors (Lipinski definition) is 5. The van der Waals surface area contributed by atoms with Gasteiger partial charge in [-0.15, -0.1) is 0 Å². The molecule has 2 unspecified atom stereocenters. The molecule has 0 aliphatic carbocycles. The second-order valence-corrected chi connectivity index (χ2v) is 11.0. The van der Waals surface area contributed by atoms with Gasteiger partial charge in [0.2, 0.25) is 0 Å². The lowest BCUT2D eigenvalue weighted by Crippen LogP contribution is -2.49. The highest BCUT2D eigenvalue weighted by Crippen LogP contribution is 2.47. The summed E-state index contributed by atoms with van der Waals surface area (Å²) in [5, 5.41) is 12.3. The predicted molar refractivity (Wildman–Crippen MR) is 147 cm³/mol. The van der Waals surface area contributed by atoms with Crippen molar-refractivity contribution in [2.45, 2.75) is 76.6 Å². The third-order valence-corrected chi connectivity index (χ3v) is 8.74. The van der Waals surface area contributed by atoms with E-state index in [4.69, 9.17) is 21.1 Å². The van der Waals surface area contributed by atoms with Gasteiger partial charge in [0.25, 0.3) is 0 Å². The van der Waals surface area contributed by atoms with E-state index in [1.165, 1.54) is 22.3 Å². The van der Waals surface area contributed by atoms with E-state index in [1.807, 2.05) is 30.6 Å². The van der Waals surface area contributed by atoms with E-state index >= 15 is 0 Å². The lowest BCUT2D eigenvalue weighted by molar-refractivity contribution is -0.0596. The van der Waals surface area contributed by atoms with Gasteiger partial charge in [0.05, 0.1) is 24.3 Å². The van der Waals surface area contributed by atoms with E-state index in [2.05, 4.69) is 48.0 Å². The number of hydrogen-bond donors (Lipinski definition) is 1. The van der Waals surface area contributed by atoms with Crippen LogP contribution in [0.1, 0.15) is 59.9 Å². The summed E-state index contributed by atoms with van der Waals surface area (Å²) in [4.78, 5) is 6.69. The molecule has 3 heterocycles. The normalized spacial score (nSPS) is 23.3. The number of halogens is 1. The van der Waals surface area contributed by atoms with E-state index in [1.54, 1.807) is 7.11 Å². The average molecular weight is 521 g/mol. The van der Waals surface area contributed by atoms with Gasteiger partial charge in [0, 0.05) is 31.0 Å². The third-order valence-electron chi connectivity index (χ3n) is 8.43. The predicted octanol–water partition coefficient (Wildman–Crippen LogP) is 6.39. The molecule has 2 aliphatic heterocycles. The van der Waals surface area contributed by atoms with Crippen molar-refractivity contribution in [3.05, 3.63) is 87.7 Å². The molecular formula is C31H37ClN2O3. The average Bonchev–Trinajstić information content (AvgIpc) is 3.15. The summed E-state index contributed by atoms with van der Waals surface area (Å²) in [6, 6.07) is 14.9. The standard InChI is InChI=1S/C31H37ClN2O3/c1-21-22(2)29(37-16-4-5-23-12-14-33-15-13-23)11-6-24(21)20-34-26-8-9-27(34)19-31(35,18-26)25-7-10-28(32)30(17-25)36-3/h6-7,10-15,17,26-27,35H,4-5,8-9,16,18-20H2,1-3H3. The SMILES string of the molecule is COc1cc(C2(O)CC3CCC(C2)N3Cc2ccc(OCCCc3ccncc3)c(C)c2C)ccc1Cl. The molecule has 0 spiro atoms. The monoisotopic (exact) mass is 520 g/mol. The molecule has 0 amide bonds. The van der Waals surface area contributed by atoms with Gasteiger partial charge >= 0.3 is 0 Å². The summed E-state index contributed by atoms with van der Waals surface area (Å²) < 4.78 is 11.6. The summed E-state index contributed by atoms with van der Waals surface area (Å²) in [6.07, 6.45) is 9.34. The first-order valence-corrected chi connectivity index (χ1v) is 13.7. The number of benzene rings is 2. The van der Waals surface area contributed by atoms with Gasteiger partial charge in [-0.05, 0) is 111 Å². The molecule has 5 nitrogen and oxygen atoms in total. The van der Waals surface area contributed by atoms with Crippen molar-refractivity contribution in [3.8, 4) is 11.5 Å². The molecule has 0 radical (unpaired) electrons. The first-order chi connectivity index (χ1) is 17.9. The molecule has 196 valence electrons. The van der Waals surface area contributed by atoms with Crippen molar-refractivity contribution >= 4 is 11.6 Å². The Kier molecular flexibility index (Phi) is 7.75. The summed E-state index contributed by atoms with van der Waals surface area (Å²) in [7, 11) is 1.62. The lowest BCUT2D eigenvalue weighted by atomic mass is 9.80. The molecular weight excluding hydrogens is 484 g/mol. The van der Waals surface area contributed by atoms with Crippen LogP contribution in [0.3, 0.4) is 0 Å². The zero-order chi connectivity index (χ0) is 26.0. The molecule has 2 aliphatic rings. The van der Waals surface area contributed by atoms with Gasteiger partial charge in [-0.25, -0.2) is 0 Å². The summed E-state index contributed by atoms with van der Waals surface area (Å²) >= 11 is 6.24. The number of aryl methyl sites for hydroxylation is 1. The molecule has 2 saturated heterocycles. The fourth-order valence-electron chi connectivity index (χ4n) is 6.14. The second kappa shape index (κ2) is 11.0. The van der Waals surface area contributed by atoms with E-state index in [0.717, 1.165) is 56.4 Å². The highest BCUT2D eigenvalue weighted by Gasteiger charge is 2.48. The van der Waals surface area contributed by atoms with E-state index in [0.29, 0.717) is 29.5 Å². The Balaban J connectivity index is 1.22. The van der Waals surface area contributed by atoms with Gasteiger partial charge in [0.1, 0.15) is 11.5 Å². The fourth-order valence-corrected chi connectivity index (χ4v) is 6.34. The summed E-state index contributed by atoms with van der Waals surface area (Å²) in [5.41, 5.74) is 5.21. The number of nitrogens with zero attached hydrogens (tertiary/aromatic N) is 2. The molecule has 5 rings (SSSR count). The fraction of sp³-hybridized carbons (Fsp3) is 0.452. The van der Waals surface area contributed by atoms with Gasteiger partial charge in [-0.3, -0.25) is 9.88 Å². The molecule has 0 saturated carbocycles. The number of piperidine rings is 1. The molecule has 6 heteroatoms. The van der Waals surface area contributed by atoms with Gasteiger partial charge in [-0.1, -0.05) is 23.7 Å². The summed E-state index contributed by atoms with van der Waals surface area (Å²) in [6.45, 7) is 5.97. The maximum Gasteiger partial charge on any atom is 0.137 e. The van der Waals surface area contributed by atoms with Crippen LogP contribution in [0.25, 0.3) is 0 Å². The van der Waals surface area contributed by atoms with Crippen LogP contribution in [0.5, 0.6) is 11.5 Å². The third kappa shape index (κ3) is 5.50. The molecule has 1 N–H and O–H groups in total. The molecule has 2 fully saturated rings. The van der Waals surface area contributed by atoms with Crippen LogP contribution < -0.4 is 9.47 Å². The Hall–Kier alpha value is -2.60. The zero-order valence-corrected chi connectivity index (χ0v) is 22.8. The quantitative estimate of drug-likeness (QED) is 0.331. The Morgan fingerprint density at radius 3 is 2.43 bits per heavy atom. The number of rotatable bonds is 9. The second-order valence-electron chi connectivity index (χ2n) is 10.6. The maximum atomic E-state index is 11.7. The zero-order valence-electron chi connectivity index (χ0n) is 22.0. The van der Waals surface area contributed by atoms with Gasteiger partial charge in [-0.2, -0.15) is 0 Å². The number of aromatic nitrogens is 1. The number of fused-ring (bicyclic) bond motifs is 2. The molecule has 2 aromatic carbocycles. The molecule has 2 atom stereocenters. The van der Waals surface area contributed by atoms with Crippen molar-refractivity contribution in [3.63, 3.8) is 0 Å². The lowest BCUT2D eigenvalue weighted by Gasteiger charge is -2.44. The van der Waals surface area contributed by atoms with Crippen LogP contribution in [0.2, 0.25) is 5.02 Å². The topological polar surface area (TPSA) is 54.8 Å². The highest BCUT2D eigenvalue weighted by atomic mass is 35.5. The minimum Gasteiger partial charge on any atom is -0.495 e. The first kappa shape index (κ1) is 26.0. The van der Waals surface area contributed by atoms with E-state index < -0.39 is 5.60 Å². The minimum absolute atomic E-state index is 0.356. The van der Waals surface area contributed by atoms with Crippen molar-refractivity contribution in [2.24, 2.45) is 0 Å². The number of ether oxygens (including phenoxy) is 2. The van der Waals surface area contributed by atoms with Crippen LogP contribution >= 0.6 is 11.6 Å². The van der Waals surface area contributed by atoms with Crippen LogP contribution in [-0.2, 0) is 18.6 Å².